The van der Waals surface area contributed by atoms with Gasteiger partial charge in [-0.15, -0.1) is 11.3 Å². The van der Waals surface area contributed by atoms with Crippen molar-refractivity contribution >= 4 is 11.3 Å². The second-order valence-corrected chi connectivity index (χ2v) is 5.71. The molecule has 3 heteroatoms. The van der Waals surface area contributed by atoms with Crippen LogP contribution in [0.3, 0.4) is 0 Å². The van der Waals surface area contributed by atoms with Crippen LogP contribution in [-0.4, -0.2) is 13.7 Å². The van der Waals surface area contributed by atoms with Crippen molar-refractivity contribution in [2.75, 3.05) is 13.7 Å². The van der Waals surface area contributed by atoms with Gasteiger partial charge in [-0.05, 0) is 36.0 Å². The largest absolute Gasteiger partial charge is 0.375 e. The number of hydrogen-bond acceptors (Lipinski definition) is 3. The summed E-state index contributed by atoms with van der Waals surface area (Å²) in [6.07, 6.45) is 0.0372. The van der Waals surface area contributed by atoms with E-state index >= 15 is 0 Å². The molecular formula is C16H21NOS. The third kappa shape index (κ3) is 3.44. The van der Waals surface area contributed by atoms with E-state index in [0.29, 0.717) is 0 Å². The molecule has 2 rings (SSSR count). The SMILES string of the molecule is CCNC(c1csc(C)c1)C(OC)c1ccccc1. The van der Waals surface area contributed by atoms with Crippen LogP contribution < -0.4 is 5.32 Å². The lowest BCUT2D eigenvalue weighted by atomic mass is 9.97. The number of ether oxygens (including phenoxy) is 1. The molecule has 0 saturated heterocycles. The molecule has 0 aliphatic carbocycles. The lowest BCUT2D eigenvalue weighted by molar-refractivity contribution is 0.0682. The van der Waals surface area contributed by atoms with Crippen LogP contribution in [0, 0.1) is 6.92 Å². The Bertz CT molecular complexity index is 494. The highest BCUT2D eigenvalue weighted by Gasteiger charge is 2.24. The summed E-state index contributed by atoms with van der Waals surface area (Å²) in [6.45, 7) is 5.19. The number of benzene rings is 1. The molecule has 1 heterocycles. The maximum Gasteiger partial charge on any atom is 0.102 e. The number of nitrogens with one attached hydrogen (secondary N) is 1. The standard InChI is InChI=1S/C16H21NOS/c1-4-17-15(14-10-12(2)19-11-14)16(18-3)13-8-6-5-7-9-13/h5-11,15-17H,4H2,1-3H3. The van der Waals surface area contributed by atoms with E-state index in [-0.39, 0.29) is 12.1 Å². The minimum absolute atomic E-state index is 0.0372. The van der Waals surface area contributed by atoms with Crippen molar-refractivity contribution in [2.45, 2.75) is 26.0 Å². The highest BCUT2D eigenvalue weighted by atomic mass is 32.1. The topological polar surface area (TPSA) is 21.3 Å². The van der Waals surface area contributed by atoms with Gasteiger partial charge in [-0.2, -0.15) is 0 Å². The molecule has 1 N–H and O–H groups in total. The smallest absolute Gasteiger partial charge is 0.102 e. The zero-order chi connectivity index (χ0) is 13.7. The van der Waals surface area contributed by atoms with Crippen molar-refractivity contribution in [3.63, 3.8) is 0 Å². The monoisotopic (exact) mass is 275 g/mol. The van der Waals surface area contributed by atoms with Gasteiger partial charge in [0.05, 0.1) is 6.04 Å². The number of rotatable bonds is 6. The van der Waals surface area contributed by atoms with Gasteiger partial charge in [0.25, 0.3) is 0 Å². The summed E-state index contributed by atoms with van der Waals surface area (Å²) in [5.41, 5.74) is 2.51. The summed E-state index contributed by atoms with van der Waals surface area (Å²) in [5, 5.41) is 5.76. The second kappa shape index (κ2) is 6.85. The number of likely N-dealkylation sites (N-methyl/N-ethyl adjacent to an activating group) is 1. The normalized spacial score (nSPS) is 14.3. The quantitative estimate of drug-likeness (QED) is 0.857. The van der Waals surface area contributed by atoms with Gasteiger partial charge in [0.1, 0.15) is 6.10 Å². The van der Waals surface area contributed by atoms with Crippen LogP contribution in [0.2, 0.25) is 0 Å². The number of thiophene rings is 1. The first kappa shape index (κ1) is 14.3. The predicted octanol–water partition coefficient (Wildman–Crippen LogP) is 4.09. The van der Waals surface area contributed by atoms with Crippen LogP contribution in [0.4, 0.5) is 0 Å². The van der Waals surface area contributed by atoms with Crippen LogP contribution in [-0.2, 0) is 4.74 Å². The summed E-state index contributed by atoms with van der Waals surface area (Å²) < 4.78 is 5.76. The van der Waals surface area contributed by atoms with Crippen molar-refractivity contribution < 1.29 is 4.74 Å². The van der Waals surface area contributed by atoms with Crippen molar-refractivity contribution in [1.82, 2.24) is 5.32 Å². The van der Waals surface area contributed by atoms with Gasteiger partial charge in [0.2, 0.25) is 0 Å². The maximum absolute atomic E-state index is 5.76. The van der Waals surface area contributed by atoms with Crippen molar-refractivity contribution in [1.29, 1.82) is 0 Å². The molecule has 0 radical (unpaired) electrons. The molecule has 2 nitrogen and oxygen atoms in total. The van der Waals surface area contributed by atoms with Gasteiger partial charge in [-0.25, -0.2) is 0 Å². The van der Waals surface area contributed by atoms with E-state index in [2.05, 4.69) is 54.9 Å². The second-order valence-electron chi connectivity index (χ2n) is 4.59. The Morgan fingerprint density at radius 2 is 1.95 bits per heavy atom. The van der Waals surface area contributed by atoms with Gasteiger partial charge in [0.15, 0.2) is 0 Å². The molecule has 0 aliphatic heterocycles. The summed E-state index contributed by atoms with van der Waals surface area (Å²) in [4.78, 5) is 1.33. The van der Waals surface area contributed by atoms with E-state index in [1.54, 1.807) is 18.4 Å². The number of methoxy groups -OCH3 is 1. The summed E-state index contributed by atoms with van der Waals surface area (Å²) in [5.74, 6) is 0. The first-order valence-electron chi connectivity index (χ1n) is 6.62. The van der Waals surface area contributed by atoms with Crippen molar-refractivity contribution in [2.24, 2.45) is 0 Å². The lowest BCUT2D eigenvalue weighted by Gasteiger charge is -2.26. The molecule has 102 valence electrons. The number of hydrogen-bond donors (Lipinski definition) is 1. The Labute approximate surface area is 119 Å². The summed E-state index contributed by atoms with van der Waals surface area (Å²) >= 11 is 1.79. The van der Waals surface area contributed by atoms with Crippen LogP contribution in [0.25, 0.3) is 0 Å². The van der Waals surface area contributed by atoms with Crippen molar-refractivity contribution in [3.8, 4) is 0 Å². The molecule has 1 aromatic carbocycles. The Balaban J connectivity index is 2.31. The van der Waals surface area contributed by atoms with E-state index in [9.17, 15) is 0 Å². The summed E-state index contributed by atoms with van der Waals surface area (Å²) in [6, 6.07) is 12.8. The molecule has 0 bridgehead atoms. The minimum Gasteiger partial charge on any atom is -0.375 e. The molecule has 0 fully saturated rings. The van der Waals surface area contributed by atoms with E-state index in [1.807, 2.05) is 6.07 Å². The third-order valence-corrected chi connectivity index (χ3v) is 4.10. The van der Waals surface area contributed by atoms with Gasteiger partial charge in [0, 0.05) is 12.0 Å². The zero-order valence-corrected chi connectivity index (χ0v) is 12.5. The fraction of sp³-hybridized carbons (Fsp3) is 0.375. The molecule has 2 unspecified atom stereocenters. The first-order chi connectivity index (χ1) is 9.26. The van der Waals surface area contributed by atoms with E-state index in [4.69, 9.17) is 4.74 Å². The fourth-order valence-electron chi connectivity index (χ4n) is 2.35. The van der Waals surface area contributed by atoms with Gasteiger partial charge in [-0.3, -0.25) is 0 Å². The molecule has 1 aromatic heterocycles. The molecule has 0 saturated carbocycles. The van der Waals surface area contributed by atoms with Crippen molar-refractivity contribution in [3.05, 3.63) is 57.8 Å². The van der Waals surface area contributed by atoms with E-state index < -0.39 is 0 Å². The number of aryl methyl sites for hydroxylation is 1. The lowest BCUT2D eigenvalue weighted by Crippen LogP contribution is -2.27. The van der Waals surface area contributed by atoms with Gasteiger partial charge < -0.3 is 10.1 Å². The average molecular weight is 275 g/mol. The van der Waals surface area contributed by atoms with E-state index in [1.165, 1.54) is 16.0 Å². The van der Waals surface area contributed by atoms with Gasteiger partial charge >= 0.3 is 0 Å². The van der Waals surface area contributed by atoms with Crippen LogP contribution >= 0.6 is 11.3 Å². The molecular weight excluding hydrogens is 254 g/mol. The molecule has 0 aliphatic rings. The van der Waals surface area contributed by atoms with Crippen LogP contribution in [0.1, 0.15) is 35.1 Å². The molecule has 0 amide bonds. The Kier molecular flexibility index (Phi) is 5.14. The Morgan fingerprint density at radius 3 is 2.47 bits per heavy atom. The minimum atomic E-state index is 0.0372. The first-order valence-corrected chi connectivity index (χ1v) is 7.50. The van der Waals surface area contributed by atoms with Gasteiger partial charge in [-0.1, -0.05) is 37.3 Å². The maximum atomic E-state index is 5.76. The average Bonchev–Trinajstić information content (AvgIpc) is 2.86. The Morgan fingerprint density at radius 1 is 1.21 bits per heavy atom. The molecule has 2 atom stereocenters. The highest BCUT2D eigenvalue weighted by Crippen LogP contribution is 2.33. The molecule has 2 aromatic rings. The zero-order valence-electron chi connectivity index (χ0n) is 11.7. The predicted molar refractivity (Wildman–Crippen MR) is 81.7 cm³/mol. The summed E-state index contributed by atoms with van der Waals surface area (Å²) in [7, 11) is 1.78. The fourth-order valence-corrected chi connectivity index (χ4v) is 3.09. The molecule has 0 spiro atoms. The third-order valence-electron chi connectivity index (χ3n) is 3.22. The van der Waals surface area contributed by atoms with Crippen LogP contribution in [0.15, 0.2) is 41.8 Å². The van der Waals surface area contributed by atoms with E-state index in [0.717, 1.165) is 6.54 Å². The highest BCUT2D eigenvalue weighted by molar-refractivity contribution is 7.10. The Hall–Kier alpha value is -1.16. The van der Waals surface area contributed by atoms with Crippen LogP contribution in [0.5, 0.6) is 0 Å². The molecule has 19 heavy (non-hydrogen) atoms.